The first-order valence-electron chi connectivity index (χ1n) is 7.22. The highest BCUT2D eigenvalue weighted by molar-refractivity contribution is 5.86. The maximum Gasteiger partial charge on any atom is 0.240 e. The molecule has 5 nitrogen and oxygen atoms in total. The fourth-order valence-corrected chi connectivity index (χ4v) is 2.74. The van der Waals surface area contributed by atoms with E-state index in [0.717, 1.165) is 37.8 Å². The molecule has 1 aromatic heterocycles. The minimum absolute atomic E-state index is 0.104. The first-order valence-corrected chi connectivity index (χ1v) is 7.22. The van der Waals surface area contributed by atoms with Crippen LogP contribution in [0.2, 0.25) is 0 Å². The summed E-state index contributed by atoms with van der Waals surface area (Å²) >= 11 is 0. The van der Waals surface area contributed by atoms with Gasteiger partial charge in [-0.15, -0.1) is 0 Å². The maximum absolute atomic E-state index is 12.4. The molecule has 1 unspecified atom stereocenters. The van der Waals surface area contributed by atoms with Crippen LogP contribution in [0.1, 0.15) is 38.2 Å². The van der Waals surface area contributed by atoms with Gasteiger partial charge in [0.15, 0.2) is 0 Å². The van der Waals surface area contributed by atoms with Crippen LogP contribution in [-0.4, -0.2) is 30.1 Å². The standard InChI is InChI=1S/C15H23N3O2/c1-3-7-15(8-4-9-18-15)14(19)17-11-12-5-6-13(20-2)16-10-12/h5-6,10,18H,3-4,7-9,11H2,1-2H3,(H,17,19). The van der Waals surface area contributed by atoms with Gasteiger partial charge in [0.05, 0.1) is 12.6 Å². The van der Waals surface area contributed by atoms with Gasteiger partial charge in [0.1, 0.15) is 0 Å². The average molecular weight is 277 g/mol. The van der Waals surface area contributed by atoms with Gasteiger partial charge in [-0.3, -0.25) is 4.79 Å². The van der Waals surface area contributed by atoms with Crippen molar-refractivity contribution in [1.29, 1.82) is 0 Å². The molecule has 0 aromatic carbocycles. The summed E-state index contributed by atoms with van der Waals surface area (Å²) < 4.78 is 5.02. The van der Waals surface area contributed by atoms with E-state index >= 15 is 0 Å². The Labute approximate surface area is 120 Å². The van der Waals surface area contributed by atoms with Crippen molar-refractivity contribution in [2.24, 2.45) is 0 Å². The third-order valence-electron chi connectivity index (χ3n) is 3.81. The molecule has 0 radical (unpaired) electrons. The fourth-order valence-electron chi connectivity index (χ4n) is 2.74. The predicted octanol–water partition coefficient (Wildman–Crippen LogP) is 1.63. The van der Waals surface area contributed by atoms with Crippen LogP contribution in [-0.2, 0) is 11.3 Å². The smallest absolute Gasteiger partial charge is 0.240 e. The number of hydrogen-bond donors (Lipinski definition) is 2. The molecule has 1 aliphatic heterocycles. The van der Waals surface area contributed by atoms with Crippen molar-refractivity contribution < 1.29 is 9.53 Å². The summed E-state index contributed by atoms with van der Waals surface area (Å²) in [6.45, 7) is 3.54. The van der Waals surface area contributed by atoms with Crippen molar-refractivity contribution in [3.05, 3.63) is 23.9 Å². The molecule has 1 aromatic rings. The molecule has 1 fully saturated rings. The van der Waals surface area contributed by atoms with Crippen LogP contribution in [0.15, 0.2) is 18.3 Å². The van der Waals surface area contributed by atoms with E-state index in [-0.39, 0.29) is 11.4 Å². The molecule has 20 heavy (non-hydrogen) atoms. The summed E-state index contributed by atoms with van der Waals surface area (Å²) in [5.74, 6) is 0.688. The number of carbonyl (C=O) groups excluding carboxylic acids is 1. The molecular formula is C15H23N3O2. The molecule has 1 saturated heterocycles. The summed E-state index contributed by atoms with van der Waals surface area (Å²) in [6, 6.07) is 3.72. The Hall–Kier alpha value is -1.62. The normalized spacial score (nSPS) is 21.7. The van der Waals surface area contributed by atoms with Gasteiger partial charge in [0.2, 0.25) is 11.8 Å². The first-order chi connectivity index (χ1) is 9.70. The first kappa shape index (κ1) is 14.8. The van der Waals surface area contributed by atoms with Crippen molar-refractivity contribution in [1.82, 2.24) is 15.6 Å². The van der Waals surface area contributed by atoms with Crippen molar-refractivity contribution >= 4 is 5.91 Å². The summed E-state index contributed by atoms with van der Waals surface area (Å²) in [6.07, 6.45) is 5.61. The largest absolute Gasteiger partial charge is 0.481 e. The lowest BCUT2D eigenvalue weighted by molar-refractivity contribution is -0.127. The highest BCUT2D eigenvalue weighted by Gasteiger charge is 2.39. The lowest BCUT2D eigenvalue weighted by atomic mass is 9.91. The zero-order chi connectivity index (χ0) is 14.4. The van der Waals surface area contributed by atoms with E-state index in [9.17, 15) is 4.79 Å². The third-order valence-corrected chi connectivity index (χ3v) is 3.81. The summed E-state index contributed by atoms with van der Waals surface area (Å²) in [4.78, 5) is 16.6. The van der Waals surface area contributed by atoms with Gasteiger partial charge >= 0.3 is 0 Å². The molecule has 2 heterocycles. The maximum atomic E-state index is 12.4. The third kappa shape index (κ3) is 3.28. The Kier molecular flexibility index (Phi) is 4.95. The van der Waals surface area contributed by atoms with Crippen molar-refractivity contribution in [2.75, 3.05) is 13.7 Å². The molecule has 0 saturated carbocycles. The van der Waals surface area contributed by atoms with Gasteiger partial charge in [-0.25, -0.2) is 4.98 Å². The highest BCUT2D eigenvalue weighted by atomic mass is 16.5. The number of nitrogens with one attached hydrogen (secondary N) is 2. The number of rotatable bonds is 6. The second-order valence-electron chi connectivity index (χ2n) is 5.25. The van der Waals surface area contributed by atoms with Crippen LogP contribution in [0, 0.1) is 0 Å². The molecule has 1 amide bonds. The molecular weight excluding hydrogens is 254 g/mol. The second kappa shape index (κ2) is 6.70. The van der Waals surface area contributed by atoms with Crippen LogP contribution in [0.25, 0.3) is 0 Å². The number of pyridine rings is 1. The molecule has 0 bridgehead atoms. The quantitative estimate of drug-likeness (QED) is 0.829. The zero-order valence-corrected chi connectivity index (χ0v) is 12.2. The molecule has 0 aliphatic carbocycles. The van der Waals surface area contributed by atoms with Gasteiger partial charge in [0.25, 0.3) is 0 Å². The van der Waals surface area contributed by atoms with Crippen LogP contribution in [0.4, 0.5) is 0 Å². The lowest BCUT2D eigenvalue weighted by Crippen LogP contribution is -2.53. The summed E-state index contributed by atoms with van der Waals surface area (Å²) in [7, 11) is 1.59. The molecule has 5 heteroatoms. The van der Waals surface area contributed by atoms with Crippen molar-refractivity contribution in [3.63, 3.8) is 0 Å². The molecule has 0 spiro atoms. The van der Waals surface area contributed by atoms with Gasteiger partial charge in [-0.1, -0.05) is 19.4 Å². The zero-order valence-electron chi connectivity index (χ0n) is 12.2. The molecule has 1 aliphatic rings. The number of amides is 1. The summed E-state index contributed by atoms with van der Waals surface area (Å²) in [5.41, 5.74) is 0.609. The topological polar surface area (TPSA) is 63.2 Å². The number of nitrogens with zero attached hydrogens (tertiary/aromatic N) is 1. The molecule has 2 N–H and O–H groups in total. The van der Waals surface area contributed by atoms with Crippen molar-refractivity contribution in [3.8, 4) is 5.88 Å². The van der Waals surface area contributed by atoms with E-state index in [1.165, 1.54) is 0 Å². The lowest BCUT2D eigenvalue weighted by Gasteiger charge is -2.27. The molecule has 110 valence electrons. The number of carbonyl (C=O) groups is 1. The van der Waals surface area contributed by atoms with Gasteiger partial charge in [-0.2, -0.15) is 0 Å². The predicted molar refractivity (Wildman–Crippen MR) is 77.5 cm³/mol. The van der Waals surface area contributed by atoms with Crippen molar-refractivity contribution in [2.45, 2.75) is 44.7 Å². The average Bonchev–Trinajstić information content (AvgIpc) is 2.95. The number of aromatic nitrogens is 1. The summed E-state index contributed by atoms with van der Waals surface area (Å²) in [5, 5.41) is 6.40. The van der Waals surface area contributed by atoms with E-state index in [2.05, 4.69) is 22.5 Å². The Morgan fingerprint density at radius 2 is 2.40 bits per heavy atom. The SMILES string of the molecule is CCCC1(C(=O)NCc2ccc(OC)nc2)CCCN1. The van der Waals surface area contributed by atoms with Crippen LogP contribution >= 0.6 is 0 Å². The minimum atomic E-state index is -0.366. The van der Waals surface area contributed by atoms with E-state index < -0.39 is 0 Å². The van der Waals surface area contributed by atoms with E-state index in [1.807, 2.05) is 6.07 Å². The minimum Gasteiger partial charge on any atom is -0.481 e. The van der Waals surface area contributed by atoms with Crippen LogP contribution < -0.4 is 15.4 Å². The fraction of sp³-hybridized carbons (Fsp3) is 0.600. The van der Waals surface area contributed by atoms with E-state index in [1.54, 1.807) is 19.4 Å². The Morgan fingerprint density at radius 1 is 1.55 bits per heavy atom. The van der Waals surface area contributed by atoms with Gasteiger partial charge in [0, 0.05) is 18.8 Å². The van der Waals surface area contributed by atoms with Crippen LogP contribution in [0.3, 0.4) is 0 Å². The van der Waals surface area contributed by atoms with Gasteiger partial charge < -0.3 is 15.4 Å². The Balaban J connectivity index is 1.93. The highest BCUT2D eigenvalue weighted by Crippen LogP contribution is 2.25. The number of ether oxygens (including phenoxy) is 1. The second-order valence-corrected chi connectivity index (χ2v) is 5.25. The Morgan fingerprint density at radius 3 is 2.95 bits per heavy atom. The molecule has 2 rings (SSSR count). The van der Waals surface area contributed by atoms with E-state index in [0.29, 0.717) is 12.4 Å². The van der Waals surface area contributed by atoms with Gasteiger partial charge in [-0.05, 0) is 31.4 Å². The molecule has 1 atom stereocenters. The van der Waals surface area contributed by atoms with E-state index in [4.69, 9.17) is 4.74 Å². The number of hydrogen-bond acceptors (Lipinski definition) is 4. The van der Waals surface area contributed by atoms with Crippen LogP contribution in [0.5, 0.6) is 5.88 Å². The number of methoxy groups -OCH3 is 1. The monoisotopic (exact) mass is 277 g/mol. The Bertz CT molecular complexity index is 439.